The molecule has 6 rings (SSSR count). The molecule has 0 unspecified atom stereocenters. The van der Waals surface area contributed by atoms with Crippen LogP contribution in [-0.2, 0) is 4.65 Å². The highest BCUT2D eigenvalue weighted by Crippen LogP contribution is 2.35. The van der Waals surface area contributed by atoms with E-state index in [-0.39, 0.29) is 6.92 Å². The van der Waals surface area contributed by atoms with Crippen LogP contribution in [0.3, 0.4) is 0 Å². The third-order valence-electron chi connectivity index (χ3n) is 5.66. The van der Waals surface area contributed by atoms with Crippen molar-refractivity contribution >= 4 is 50.4 Å². The van der Waals surface area contributed by atoms with Crippen molar-refractivity contribution in [2.75, 3.05) is 7.11 Å². The van der Waals surface area contributed by atoms with Crippen LogP contribution in [0.25, 0.3) is 38.3 Å². The molecule has 26 heavy (non-hydrogen) atoms. The molecule has 3 heteroatoms. The number of benzene rings is 4. The summed E-state index contributed by atoms with van der Waals surface area (Å²) in [4.78, 5) is 0. The molecule has 2 heterocycles. The molecule has 2 nitrogen and oxygen atoms in total. The predicted octanol–water partition coefficient (Wildman–Crippen LogP) is 4.00. The van der Waals surface area contributed by atoms with Gasteiger partial charge < -0.3 is 9.22 Å². The van der Waals surface area contributed by atoms with E-state index in [0.29, 0.717) is 0 Å². The van der Waals surface area contributed by atoms with E-state index in [0.717, 1.165) is 0 Å². The number of fused-ring (bicyclic) bond motifs is 6. The highest BCUT2D eigenvalue weighted by molar-refractivity contribution is 6.83. The molecule has 0 aliphatic carbocycles. The molecule has 0 N–H and O–H groups in total. The Balaban J connectivity index is 1.90. The lowest BCUT2D eigenvalue weighted by molar-refractivity contribution is 0.439. The van der Waals surface area contributed by atoms with Crippen molar-refractivity contribution in [1.82, 2.24) is 4.57 Å². The second-order valence-electron chi connectivity index (χ2n) is 6.97. The van der Waals surface area contributed by atoms with Gasteiger partial charge in [-0.3, -0.25) is 0 Å². The fraction of sp³-hybridized carbons (Fsp3) is 0.0435. The summed E-state index contributed by atoms with van der Waals surface area (Å²) < 4.78 is 8.34. The number of nitrogens with zero attached hydrogens (tertiary/aromatic N) is 1. The second-order valence-corrected chi connectivity index (χ2v) is 6.97. The van der Waals surface area contributed by atoms with Gasteiger partial charge in [-0.25, -0.2) is 0 Å². The zero-order valence-electron chi connectivity index (χ0n) is 14.4. The van der Waals surface area contributed by atoms with Crippen molar-refractivity contribution < 1.29 is 4.65 Å². The van der Waals surface area contributed by atoms with Crippen molar-refractivity contribution in [2.24, 2.45) is 0 Å². The molecule has 5 aromatic rings. The van der Waals surface area contributed by atoms with Gasteiger partial charge in [0.05, 0.1) is 11.0 Å². The molecular formula is C23H16BNO. The van der Waals surface area contributed by atoms with Crippen molar-refractivity contribution in [1.29, 1.82) is 0 Å². The van der Waals surface area contributed by atoms with Crippen molar-refractivity contribution in [3.05, 3.63) is 78.9 Å². The maximum Gasteiger partial charge on any atom is 0.365 e. The number of hydrogen-bond acceptors (Lipinski definition) is 1. The van der Waals surface area contributed by atoms with Gasteiger partial charge in [-0.15, -0.1) is 0 Å². The topological polar surface area (TPSA) is 14.2 Å². The fourth-order valence-corrected chi connectivity index (χ4v) is 4.57. The van der Waals surface area contributed by atoms with E-state index in [4.69, 9.17) is 4.65 Å². The molecule has 0 radical (unpaired) electrons. The van der Waals surface area contributed by atoms with E-state index in [1.165, 1.54) is 49.2 Å². The second kappa shape index (κ2) is 4.99. The van der Waals surface area contributed by atoms with E-state index >= 15 is 0 Å². The van der Waals surface area contributed by atoms with Gasteiger partial charge in [0.15, 0.2) is 0 Å². The van der Waals surface area contributed by atoms with Crippen LogP contribution in [0, 0.1) is 0 Å². The highest BCUT2D eigenvalue weighted by atomic mass is 16.4. The van der Waals surface area contributed by atoms with Gasteiger partial charge in [0, 0.05) is 23.6 Å². The van der Waals surface area contributed by atoms with E-state index in [1.807, 2.05) is 0 Å². The van der Waals surface area contributed by atoms with Gasteiger partial charge in [-0.05, 0) is 39.9 Å². The van der Waals surface area contributed by atoms with E-state index in [9.17, 15) is 0 Å². The average molecular weight is 333 g/mol. The lowest BCUT2D eigenvalue weighted by atomic mass is 9.53. The predicted molar refractivity (Wildman–Crippen MR) is 110 cm³/mol. The smallest absolute Gasteiger partial charge is 0.365 e. The summed E-state index contributed by atoms with van der Waals surface area (Å²) >= 11 is 0. The Morgan fingerprint density at radius 2 is 1.46 bits per heavy atom. The quantitative estimate of drug-likeness (QED) is 0.423. The first-order valence-corrected chi connectivity index (χ1v) is 8.95. The molecular weight excluding hydrogens is 317 g/mol. The summed E-state index contributed by atoms with van der Waals surface area (Å²) in [6, 6.07) is 28.4. The normalized spacial score (nSPS) is 12.9. The third-order valence-corrected chi connectivity index (χ3v) is 5.66. The Labute approximate surface area is 151 Å². The van der Waals surface area contributed by atoms with Gasteiger partial charge in [-0.1, -0.05) is 60.7 Å². The summed E-state index contributed by atoms with van der Waals surface area (Å²) in [5.74, 6) is 0. The van der Waals surface area contributed by atoms with Crippen LogP contribution in [0.2, 0.25) is 0 Å². The largest absolute Gasteiger partial charge is 0.430 e. The fourth-order valence-electron chi connectivity index (χ4n) is 4.57. The first-order chi connectivity index (χ1) is 12.9. The molecule has 0 saturated heterocycles. The Bertz CT molecular complexity index is 1330. The standard InChI is InChI=1S/C23H16BNO/c1-26-24-19-10-4-5-12-21(19)25-22-14-16-8-3-2-7-15(16)13-18(22)17-9-6-11-20(24)23(17)25/h2-14H,1H3. The molecule has 1 aliphatic heterocycles. The van der Waals surface area contributed by atoms with Gasteiger partial charge in [0.2, 0.25) is 0 Å². The molecule has 0 spiro atoms. The van der Waals surface area contributed by atoms with E-state index < -0.39 is 0 Å². The summed E-state index contributed by atoms with van der Waals surface area (Å²) in [5.41, 5.74) is 6.20. The van der Waals surface area contributed by atoms with Gasteiger partial charge in [-0.2, -0.15) is 0 Å². The van der Waals surface area contributed by atoms with Crippen LogP contribution in [0.15, 0.2) is 78.9 Å². The molecule has 0 saturated carbocycles. The minimum atomic E-state index is -0.0267. The van der Waals surface area contributed by atoms with Crippen LogP contribution < -0.4 is 10.9 Å². The number of aromatic nitrogens is 1. The van der Waals surface area contributed by atoms with Crippen LogP contribution >= 0.6 is 0 Å². The van der Waals surface area contributed by atoms with Gasteiger partial charge >= 0.3 is 6.92 Å². The van der Waals surface area contributed by atoms with Crippen molar-refractivity contribution in [3.63, 3.8) is 0 Å². The molecule has 1 aliphatic rings. The monoisotopic (exact) mass is 333 g/mol. The first kappa shape index (κ1) is 14.2. The molecule has 0 fully saturated rings. The van der Waals surface area contributed by atoms with Crippen molar-refractivity contribution in [3.8, 4) is 5.69 Å². The molecule has 122 valence electrons. The summed E-state index contributed by atoms with van der Waals surface area (Å²) in [6.07, 6.45) is 0. The van der Waals surface area contributed by atoms with Crippen LogP contribution in [-0.4, -0.2) is 18.6 Å². The third kappa shape index (κ3) is 1.66. The lowest BCUT2D eigenvalue weighted by Crippen LogP contribution is -2.49. The number of para-hydroxylation sites is 2. The summed E-state index contributed by atoms with van der Waals surface area (Å²) in [6.45, 7) is -0.0267. The first-order valence-electron chi connectivity index (χ1n) is 8.95. The number of hydrogen-bond donors (Lipinski definition) is 0. The van der Waals surface area contributed by atoms with Crippen LogP contribution in [0.5, 0.6) is 0 Å². The minimum absolute atomic E-state index is 0.0267. The molecule has 4 aromatic carbocycles. The molecule has 0 bridgehead atoms. The minimum Gasteiger partial charge on any atom is -0.430 e. The molecule has 0 amide bonds. The maximum atomic E-state index is 5.92. The molecule has 1 aromatic heterocycles. The van der Waals surface area contributed by atoms with Crippen LogP contribution in [0.4, 0.5) is 0 Å². The Hall–Kier alpha value is -3.04. The van der Waals surface area contributed by atoms with E-state index in [1.54, 1.807) is 7.11 Å². The Morgan fingerprint density at radius 3 is 2.31 bits per heavy atom. The zero-order valence-corrected chi connectivity index (χ0v) is 14.4. The molecule has 0 atom stereocenters. The summed E-state index contributed by atoms with van der Waals surface area (Å²) in [7, 11) is 1.80. The lowest BCUT2D eigenvalue weighted by Gasteiger charge is -2.24. The SMILES string of the molecule is COB1c2ccccc2-n2c3cc4ccccc4cc3c3cccc1c32. The summed E-state index contributed by atoms with van der Waals surface area (Å²) in [5, 5.41) is 5.14. The van der Waals surface area contributed by atoms with Gasteiger partial charge in [0.25, 0.3) is 0 Å². The van der Waals surface area contributed by atoms with Crippen LogP contribution in [0.1, 0.15) is 0 Å². The Morgan fingerprint density at radius 1 is 0.731 bits per heavy atom. The highest BCUT2D eigenvalue weighted by Gasteiger charge is 2.32. The number of rotatable bonds is 1. The van der Waals surface area contributed by atoms with E-state index in [2.05, 4.69) is 83.4 Å². The van der Waals surface area contributed by atoms with Crippen molar-refractivity contribution in [2.45, 2.75) is 0 Å². The van der Waals surface area contributed by atoms with Gasteiger partial charge in [0.1, 0.15) is 0 Å². The average Bonchev–Trinajstić information content (AvgIpc) is 3.02. The zero-order chi connectivity index (χ0) is 17.3. The maximum absolute atomic E-state index is 5.92. The Kier molecular flexibility index (Phi) is 2.72.